The van der Waals surface area contributed by atoms with Gasteiger partial charge in [0.25, 0.3) is 0 Å². The van der Waals surface area contributed by atoms with Gasteiger partial charge >= 0.3 is 5.97 Å². The van der Waals surface area contributed by atoms with E-state index < -0.39 is 11.6 Å². The van der Waals surface area contributed by atoms with Gasteiger partial charge in [-0.1, -0.05) is 96.5 Å². The van der Waals surface area contributed by atoms with E-state index in [2.05, 4.69) is 66.7 Å². The molecule has 5 aromatic rings. The molecule has 0 aliphatic rings. The van der Waals surface area contributed by atoms with Gasteiger partial charge in [-0.2, -0.15) is 11.8 Å². The number of fused-ring (bicyclic) bond motifs is 1. The van der Waals surface area contributed by atoms with Crippen molar-refractivity contribution in [3.05, 3.63) is 136 Å². The fourth-order valence-corrected chi connectivity index (χ4v) is 6.97. The zero-order valence-electron chi connectivity index (χ0n) is 25.2. The van der Waals surface area contributed by atoms with Gasteiger partial charge in [-0.05, 0) is 91.1 Å². The van der Waals surface area contributed by atoms with Gasteiger partial charge in [0.1, 0.15) is 0 Å². The Morgan fingerprint density at radius 2 is 1.64 bits per heavy atom. The van der Waals surface area contributed by atoms with E-state index in [-0.39, 0.29) is 11.7 Å². The Hall–Kier alpha value is -3.64. The lowest BCUT2D eigenvalue weighted by atomic mass is 9.90. The van der Waals surface area contributed by atoms with Crippen LogP contribution in [0.15, 0.2) is 103 Å². The third-order valence-corrected chi connectivity index (χ3v) is 9.50. The summed E-state index contributed by atoms with van der Waals surface area (Å²) in [6.45, 7) is 3.63. The maximum Gasteiger partial charge on any atom is 0.304 e. The van der Waals surface area contributed by atoms with Gasteiger partial charge in [-0.15, -0.1) is 0 Å². The summed E-state index contributed by atoms with van der Waals surface area (Å²) in [4.78, 5) is 16.0. The molecule has 1 atom stereocenters. The molecule has 0 saturated carbocycles. The van der Waals surface area contributed by atoms with E-state index in [4.69, 9.17) is 16.6 Å². The Labute approximate surface area is 269 Å². The summed E-state index contributed by atoms with van der Waals surface area (Å²) in [5.74, 6) is -0.226. The first-order chi connectivity index (χ1) is 21.2. The van der Waals surface area contributed by atoms with Crippen LogP contribution in [0, 0.1) is 0 Å². The molecule has 44 heavy (non-hydrogen) atoms. The van der Waals surface area contributed by atoms with E-state index in [9.17, 15) is 15.0 Å². The third kappa shape index (κ3) is 8.50. The molecule has 0 bridgehead atoms. The molecule has 0 saturated heterocycles. The maximum atomic E-state index is 11.2. The number of hydrogen-bond acceptors (Lipinski definition) is 4. The molecule has 226 valence electrons. The third-order valence-electron chi connectivity index (χ3n) is 7.91. The van der Waals surface area contributed by atoms with Crippen LogP contribution in [0.25, 0.3) is 22.0 Å². The van der Waals surface area contributed by atoms with E-state index in [0.717, 1.165) is 59.0 Å². The molecule has 0 fully saturated rings. The molecule has 0 radical (unpaired) electrons. The molecule has 0 aliphatic heterocycles. The quantitative estimate of drug-likeness (QED) is 0.137. The molecule has 2 N–H and O–H groups in total. The molecular weight excluding hydrogens is 586 g/mol. The number of aliphatic carboxylic acids is 1. The largest absolute Gasteiger partial charge is 0.481 e. The van der Waals surface area contributed by atoms with Crippen LogP contribution in [-0.2, 0) is 29.7 Å². The molecule has 6 heteroatoms. The van der Waals surface area contributed by atoms with Crippen LogP contribution < -0.4 is 0 Å². The van der Waals surface area contributed by atoms with Crippen molar-refractivity contribution >= 4 is 40.2 Å². The lowest BCUT2D eigenvalue weighted by Crippen LogP contribution is -2.18. The van der Waals surface area contributed by atoms with Crippen LogP contribution in [-0.4, -0.2) is 26.9 Å². The minimum Gasteiger partial charge on any atom is -0.481 e. The van der Waals surface area contributed by atoms with Gasteiger partial charge in [-0.25, -0.2) is 0 Å². The normalized spacial score (nSPS) is 12.4. The number of aromatic nitrogens is 1. The van der Waals surface area contributed by atoms with Gasteiger partial charge in [0.05, 0.1) is 17.5 Å². The molecule has 4 aromatic carbocycles. The first-order valence-corrected chi connectivity index (χ1v) is 16.5. The van der Waals surface area contributed by atoms with E-state index in [1.54, 1.807) is 11.8 Å². The first kappa shape index (κ1) is 31.8. The number of rotatable bonds is 13. The highest BCUT2D eigenvalue weighted by molar-refractivity contribution is 7.99. The standard InChI is InChI=1S/C38H38ClNO3S/c1-38(2,43)34-9-4-3-7-28(34)17-21-36(44-23-22-37(41)42)30-13-11-27(12-14-30)31-8-5-6-26(24-31)10-19-33-20-16-29-15-18-32(39)25-35(29)40-33/h3-9,11-16,18,20,24-25,36,43H,10,17,19,21-23H2,1-2H3,(H,41,42). The maximum absolute atomic E-state index is 11.2. The fraction of sp³-hybridized carbons (Fsp3) is 0.263. The van der Waals surface area contributed by atoms with E-state index in [1.807, 2.05) is 50.2 Å². The number of thioether (sulfide) groups is 1. The van der Waals surface area contributed by atoms with Crippen molar-refractivity contribution in [3.8, 4) is 11.1 Å². The van der Waals surface area contributed by atoms with Crippen molar-refractivity contribution in [1.82, 2.24) is 4.98 Å². The molecule has 1 aromatic heterocycles. The lowest BCUT2D eigenvalue weighted by Gasteiger charge is -2.23. The van der Waals surface area contributed by atoms with Crippen LogP contribution in [0.2, 0.25) is 5.02 Å². The summed E-state index contributed by atoms with van der Waals surface area (Å²) in [5, 5.41) is 21.8. The molecule has 4 nitrogen and oxygen atoms in total. The van der Waals surface area contributed by atoms with Crippen molar-refractivity contribution in [1.29, 1.82) is 0 Å². The minimum atomic E-state index is -0.918. The minimum absolute atomic E-state index is 0.134. The Morgan fingerprint density at radius 1 is 0.864 bits per heavy atom. The number of benzene rings is 4. The second kappa shape index (κ2) is 14.4. The number of aliphatic hydroxyl groups is 1. The van der Waals surface area contributed by atoms with Crippen LogP contribution >= 0.6 is 23.4 Å². The van der Waals surface area contributed by atoms with Crippen molar-refractivity contribution in [3.63, 3.8) is 0 Å². The Balaban J connectivity index is 1.28. The van der Waals surface area contributed by atoms with Crippen LogP contribution in [0.4, 0.5) is 0 Å². The molecular formula is C38H38ClNO3S. The SMILES string of the molecule is CC(C)(O)c1ccccc1CCC(SCCC(=O)O)c1ccc(-c2cccc(CCc3ccc4ccc(Cl)cc4n3)c2)cc1. The average molecular weight is 624 g/mol. The van der Waals surface area contributed by atoms with Crippen LogP contribution in [0.1, 0.15) is 59.9 Å². The lowest BCUT2D eigenvalue weighted by molar-refractivity contribution is -0.136. The van der Waals surface area contributed by atoms with E-state index in [1.165, 1.54) is 16.7 Å². The van der Waals surface area contributed by atoms with Crippen LogP contribution in [0.5, 0.6) is 0 Å². The summed E-state index contributed by atoms with van der Waals surface area (Å²) in [5.41, 5.74) is 7.87. The molecule has 0 amide bonds. The molecule has 5 rings (SSSR count). The van der Waals surface area contributed by atoms with Gasteiger partial charge in [0.2, 0.25) is 0 Å². The van der Waals surface area contributed by atoms with Crippen molar-refractivity contribution in [2.45, 2.75) is 56.8 Å². The first-order valence-electron chi connectivity index (χ1n) is 15.0. The summed E-state index contributed by atoms with van der Waals surface area (Å²) in [6.07, 6.45) is 3.51. The zero-order chi connectivity index (χ0) is 31.1. The Morgan fingerprint density at radius 3 is 2.41 bits per heavy atom. The number of pyridine rings is 1. The summed E-state index contributed by atoms with van der Waals surface area (Å²) in [7, 11) is 0. The number of halogens is 1. The van der Waals surface area contributed by atoms with Gasteiger partial charge in [-0.3, -0.25) is 9.78 Å². The monoisotopic (exact) mass is 623 g/mol. The predicted molar refractivity (Wildman–Crippen MR) is 183 cm³/mol. The van der Waals surface area contributed by atoms with Crippen molar-refractivity contribution in [2.75, 3.05) is 5.75 Å². The van der Waals surface area contributed by atoms with Gasteiger partial charge in [0.15, 0.2) is 0 Å². The Bertz CT molecular complexity index is 1730. The summed E-state index contributed by atoms with van der Waals surface area (Å²) >= 11 is 7.86. The van der Waals surface area contributed by atoms with Gasteiger partial charge < -0.3 is 10.2 Å². The number of carboxylic acids is 1. The van der Waals surface area contributed by atoms with Crippen LogP contribution in [0.3, 0.4) is 0 Å². The Kier molecular flexibility index (Phi) is 10.4. The van der Waals surface area contributed by atoms with E-state index >= 15 is 0 Å². The number of carboxylic acid groups (broad SMARTS) is 1. The van der Waals surface area contributed by atoms with Gasteiger partial charge in [0, 0.05) is 27.1 Å². The predicted octanol–water partition coefficient (Wildman–Crippen LogP) is 9.45. The smallest absolute Gasteiger partial charge is 0.304 e. The summed E-state index contributed by atoms with van der Waals surface area (Å²) in [6, 6.07) is 35.4. The van der Waals surface area contributed by atoms with Crippen molar-refractivity contribution < 1.29 is 15.0 Å². The van der Waals surface area contributed by atoms with Crippen molar-refractivity contribution in [2.24, 2.45) is 0 Å². The topological polar surface area (TPSA) is 70.4 Å². The average Bonchev–Trinajstić information content (AvgIpc) is 3.01. The molecule has 1 heterocycles. The number of nitrogens with zero attached hydrogens (tertiary/aromatic N) is 1. The highest BCUT2D eigenvalue weighted by Crippen LogP contribution is 2.36. The molecule has 0 spiro atoms. The highest BCUT2D eigenvalue weighted by atomic mass is 35.5. The number of hydrogen-bond donors (Lipinski definition) is 2. The highest BCUT2D eigenvalue weighted by Gasteiger charge is 2.21. The fourth-order valence-electron chi connectivity index (χ4n) is 5.60. The summed E-state index contributed by atoms with van der Waals surface area (Å²) < 4.78 is 0. The number of aryl methyl sites for hydroxylation is 3. The number of carbonyl (C=O) groups is 1. The zero-order valence-corrected chi connectivity index (χ0v) is 26.7. The van der Waals surface area contributed by atoms with E-state index in [0.29, 0.717) is 10.8 Å². The second-order valence-electron chi connectivity index (χ2n) is 11.7. The second-order valence-corrected chi connectivity index (χ2v) is 13.5. The molecule has 1 unspecified atom stereocenters. The molecule has 0 aliphatic carbocycles.